The Morgan fingerprint density at radius 2 is 2.03 bits per heavy atom. The minimum absolute atomic E-state index is 0.0591. The van der Waals surface area contributed by atoms with E-state index in [0.29, 0.717) is 38.3 Å². The molecule has 1 amide bonds. The van der Waals surface area contributed by atoms with Crippen LogP contribution in [0.5, 0.6) is 11.5 Å². The second-order valence-corrected chi connectivity index (χ2v) is 8.47. The molecule has 0 saturated carbocycles. The highest BCUT2D eigenvalue weighted by Crippen LogP contribution is 2.32. The second kappa shape index (κ2) is 10.2. The number of ether oxygens (including phenoxy) is 1. The van der Waals surface area contributed by atoms with Crippen molar-refractivity contribution in [3.05, 3.63) is 42.1 Å². The number of benzene rings is 1. The standard InChI is InChI=1S/C23H31F2N5O2/c1-5-30(16(2)3)22(31)18-12-17(24)6-7-19(18)32-20-13-26-15-28-21(20)27-14-23(25)8-10-29(4)11-9-23/h6-7,12-13,15-16H,5,8-11,14H2,1-4H3,(H,26,27,28). The summed E-state index contributed by atoms with van der Waals surface area (Å²) in [4.78, 5) is 24.9. The van der Waals surface area contributed by atoms with Gasteiger partial charge in [-0.2, -0.15) is 0 Å². The van der Waals surface area contributed by atoms with Gasteiger partial charge in [-0.05, 0) is 58.9 Å². The Bertz CT molecular complexity index is 932. The lowest BCUT2D eigenvalue weighted by Crippen LogP contribution is -2.44. The zero-order valence-corrected chi connectivity index (χ0v) is 19.1. The Morgan fingerprint density at radius 1 is 1.31 bits per heavy atom. The number of nitrogens with zero attached hydrogens (tertiary/aromatic N) is 4. The molecule has 9 heteroatoms. The highest BCUT2D eigenvalue weighted by molar-refractivity contribution is 5.97. The van der Waals surface area contributed by atoms with E-state index in [2.05, 4.69) is 20.2 Å². The van der Waals surface area contributed by atoms with Crippen LogP contribution in [0.3, 0.4) is 0 Å². The van der Waals surface area contributed by atoms with Gasteiger partial charge in [0.2, 0.25) is 0 Å². The summed E-state index contributed by atoms with van der Waals surface area (Å²) in [7, 11) is 1.98. The van der Waals surface area contributed by atoms with Crippen molar-refractivity contribution in [2.45, 2.75) is 45.3 Å². The van der Waals surface area contributed by atoms with Crippen LogP contribution >= 0.6 is 0 Å². The van der Waals surface area contributed by atoms with Gasteiger partial charge >= 0.3 is 0 Å². The van der Waals surface area contributed by atoms with Gasteiger partial charge in [-0.1, -0.05) is 0 Å². The minimum atomic E-state index is -1.34. The molecule has 0 unspecified atom stereocenters. The first-order valence-electron chi connectivity index (χ1n) is 10.9. The van der Waals surface area contributed by atoms with Gasteiger partial charge in [-0.15, -0.1) is 0 Å². The van der Waals surface area contributed by atoms with E-state index >= 15 is 4.39 Å². The minimum Gasteiger partial charge on any atom is -0.451 e. The van der Waals surface area contributed by atoms with E-state index in [4.69, 9.17) is 4.74 Å². The molecule has 1 aromatic carbocycles. The average Bonchev–Trinajstić information content (AvgIpc) is 2.77. The molecule has 0 spiro atoms. The highest BCUT2D eigenvalue weighted by atomic mass is 19.1. The van der Waals surface area contributed by atoms with Crippen molar-refractivity contribution in [3.63, 3.8) is 0 Å². The first-order valence-corrected chi connectivity index (χ1v) is 10.9. The fourth-order valence-corrected chi connectivity index (χ4v) is 3.74. The van der Waals surface area contributed by atoms with Crippen LogP contribution in [0.1, 0.15) is 44.0 Å². The summed E-state index contributed by atoms with van der Waals surface area (Å²) < 4.78 is 35.1. The number of rotatable bonds is 8. The number of hydrogen-bond acceptors (Lipinski definition) is 6. The molecule has 2 aromatic rings. The summed E-state index contributed by atoms with van der Waals surface area (Å²) in [5.74, 6) is -0.142. The molecule has 0 aliphatic carbocycles. The third kappa shape index (κ3) is 5.70. The maximum absolute atomic E-state index is 15.1. The number of likely N-dealkylation sites (tertiary alicyclic amines) is 1. The maximum Gasteiger partial charge on any atom is 0.257 e. The molecule has 1 saturated heterocycles. The van der Waals surface area contributed by atoms with Gasteiger partial charge in [0, 0.05) is 25.7 Å². The maximum atomic E-state index is 15.1. The topological polar surface area (TPSA) is 70.6 Å². The van der Waals surface area contributed by atoms with Crippen LogP contribution in [0.25, 0.3) is 0 Å². The fourth-order valence-electron chi connectivity index (χ4n) is 3.74. The van der Waals surface area contributed by atoms with Gasteiger partial charge in [0.15, 0.2) is 11.6 Å². The molecule has 1 aliphatic heterocycles. The van der Waals surface area contributed by atoms with E-state index in [-0.39, 0.29) is 35.6 Å². The van der Waals surface area contributed by atoms with Crippen molar-refractivity contribution < 1.29 is 18.3 Å². The number of anilines is 1. The molecule has 0 radical (unpaired) electrons. The van der Waals surface area contributed by atoms with E-state index in [1.54, 1.807) is 4.90 Å². The van der Waals surface area contributed by atoms with E-state index in [1.807, 2.05) is 27.8 Å². The lowest BCUT2D eigenvalue weighted by atomic mass is 9.93. The predicted octanol–water partition coefficient (Wildman–Crippen LogP) is 4.12. The van der Waals surface area contributed by atoms with Crippen LogP contribution < -0.4 is 10.1 Å². The molecule has 2 heterocycles. The smallest absolute Gasteiger partial charge is 0.257 e. The largest absolute Gasteiger partial charge is 0.451 e. The van der Waals surface area contributed by atoms with Gasteiger partial charge < -0.3 is 19.9 Å². The highest BCUT2D eigenvalue weighted by Gasteiger charge is 2.33. The molecule has 0 bridgehead atoms. The number of amides is 1. The van der Waals surface area contributed by atoms with Crippen LogP contribution in [-0.4, -0.2) is 70.6 Å². The van der Waals surface area contributed by atoms with Crippen molar-refractivity contribution in [3.8, 4) is 11.5 Å². The zero-order chi connectivity index (χ0) is 23.3. The van der Waals surface area contributed by atoms with Crippen LogP contribution in [0.15, 0.2) is 30.7 Å². The number of carbonyl (C=O) groups is 1. The van der Waals surface area contributed by atoms with Crippen molar-refractivity contribution in [1.29, 1.82) is 0 Å². The molecule has 1 aromatic heterocycles. The van der Waals surface area contributed by atoms with Crippen molar-refractivity contribution >= 4 is 11.7 Å². The number of alkyl halides is 1. The molecule has 174 valence electrons. The van der Waals surface area contributed by atoms with Gasteiger partial charge in [0.1, 0.15) is 23.6 Å². The molecule has 7 nitrogen and oxygen atoms in total. The normalized spacial score (nSPS) is 16.1. The Morgan fingerprint density at radius 3 is 2.69 bits per heavy atom. The monoisotopic (exact) mass is 447 g/mol. The summed E-state index contributed by atoms with van der Waals surface area (Å²) in [5, 5.41) is 3.03. The summed E-state index contributed by atoms with van der Waals surface area (Å²) in [6.07, 6.45) is 3.63. The molecule has 1 aliphatic rings. The molecule has 1 fully saturated rings. The van der Waals surface area contributed by atoms with Crippen molar-refractivity contribution in [1.82, 2.24) is 19.8 Å². The van der Waals surface area contributed by atoms with Gasteiger partial charge in [-0.3, -0.25) is 4.79 Å². The van der Waals surface area contributed by atoms with E-state index in [0.717, 1.165) is 6.07 Å². The molecule has 32 heavy (non-hydrogen) atoms. The first kappa shape index (κ1) is 23.8. The zero-order valence-electron chi connectivity index (χ0n) is 19.1. The number of piperidine rings is 1. The summed E-state index contributed by atoms with van der Waals surface area (Å²) in [6, 6.07) is 3.73. The third-order valence-electron chi connectivity index (χ3n) is 5.75. The SMILES string of the molecule is CCN(C(=O)c1cc(F)ccc1Oc1cncnc1NCC1(F)CCN(C)CC1)C(C)C. The molecule has 0 atom stereocenters. The Kier molecular flexibility index (Phi) is 7.60. The number of carbonyl (C=O) groups excluding carboxylic acids is 1. The Hall–Kier alpha value is -2.81. The number of nitrogens with one attached hydrogen (secondary N) is 1. The Labute approximate surface area is 187 Å². The molecule has 3 rings (SSSR count). The van der Waals surface area contributed by atoms with Crippen LogP contribution in [0.4, 0.5) is 14.6 Å². The molecular weight excluding hydrogens is 416 g/mol. The third-order valence-corrected chi connectivity index (χ3v) is 5.75. The summed E-state index contributed by atoms with van der Waals surface area (Å²) in [6.45, 7) is 7.59. The van der Waals surface area contributed by atoms with E-state index < -0.39 is 11.5 Å². The molecule has 1 N–H and O–H groups in total. The van der Waals surface area contributed by atoms with Crippen molar-refractivity contribution in [2.24, 2.45) is 0 Å². The number of halogens is 2. The van der Waals surface area contributed by atoms with Crippen molar-refractivity contribution in [2.75, 3.05) is 38.5 Å². The van der Waals surface area contributed by atoms with Gasteiger partial charge in [-0.25, -0.2) is 18.7 Å². The molecular formula is C23H31F2N5O2. The average molecular weight is 448 g/mol. The Balaban J connectivity index is 1.82. The van der Waals surface area contributed by atoms with Crippen LogP contribution in [-0.2, 0) is 0 Å². The first-order chi connectivity index (χ1) is 15.2. The van der Waals surface area contributed by atoms with Gasteiger partial charge in [0.05, 0.1) is 18.3 Å². The lowest BCUT2D eigenvalue weighted by Gasteiger charge is -2.34. The predicted molar refractivity (Wildman–Crippen MR) is 119 cm³/mol. The fraction of sp³-hybridized carbons (Fsp3) is 0.522. The van der Waals surface area contributed by atoms with Crippen LogP contribution in [0, 0.1) is 5.82 Å². The van der Waals surface area contributed by atoms with E-state index in [1.165, 1.54) is 24.7 Å². The quantitative estimate of drug-likeness (QED) is 0.656. The lowest BCUT2D eigenvalue weighted by molar-refractivity contribution is 0.0713. The second-order valence-electron chi connectivity index (χ2n) is 8.47. The summed E-state index contributed by atoms with van der Waals surface area (Å²) in [5.41, 5.74) is -1.24. The van der Waals surface area contributed by atoms with Crippen LogP contribution in [0.2, 0.25) is 0 Å². The van der Waals surface area contributed by atoms with Gasteiger partial charge in [0.25, 0.3) is 5.91 Å². The van der Waals surface area contributed by atoms with E-state index in [9.17, 15) is 9.18 Å². The number of aromatic nitrogens is 2. The number of hydrogen-bond donors (Lipinski definition) is 1. The summed E-state index contributed by atoms with van der Waals surface area (Å²) >= 11 is 0.